The molecule has 0 aromatic heterocycles. The summed E-state index contributed by atoms with van der Waals surface area (Å²) < 4.78 is 4.62. The van der Waals surface area contributed by atoms with Gasteiger partial charge in [-0.3, -0.25) is 9.59 Å². The lowest BCUT2D eigenvalue weighted by atomic mass is 9.89. The standard InChI is InChI=1S/C14H16O3/c1-9(14(16)17-2)13(15)12-8-7-10-5-3-4-6-11(10)12/h3-6,9,12H,7-8H2,1-2H3. The van der Waals surface area contributed by atoms with E-state index in [1.165, 1.54) is 12.7 Å². The highest BCUT2D eigenvalue weighted by Gasteiger charge is 2.34. The molecule has 0 radical (unpaired) electrons. The van der Waals surface area contributed by atoms with Crippen molar-refractivity contribution < 1.29 is 14.3 Å². The first-order valence-electron chi connectivity index (χ1n) is 5.84. The van der Waals surface area contributed by atoms with Gasteiger partial charge in [0.1, 0.15) is 5.92 Å². The average molecular weight is 232 g/mol. The second-order valence-electron chi connectivity index (χ2n) is 4.44. The monoisotopic (exact) mass is 232 g/mol. The molecule has 90 valence electrons. The van der Waals surface area contributed by atoms with Gasteiger partial charge in [-0.15, -0.1) is 0 Å². The van der Waals surface area contributed by atoms with E-state index in [1.54, 1.807) is 6.92 Å². The number of carbonyl (C=O) groups excluding carboxylic acids is 2. The Balaban J connectivity index is 2.21. The third-order valence-electron chi connectivity index (χ3n) is 3.46. The Morgan fingerprint density at radius 2 is 2.06 bits per heavy atom. The topological polar surface area (TPSA) is 43.4 Å². The van der Waals surface area contributed by atoms with Gasteiger partial charge in [-0.05, 0) is 30.9 Å². The molecule has 0 amide bonds. The predicted molar refractivity (Wildman–Crippen MR) is 63.7 cm³/mol. The Morgan fingerprint density at radius 1 is 1.35 bits per heavy atom. The van der Waals surface area contributed by atoms with Crippen molar-refractivity contribution in [3.8, 4) is 0 Å². The Bertz CT molecular complexity index is 451. The Kier molecular flexibility index (Phi) is 3.27. The summed E-state index contributed by atoms with van der Waals surface area (Å²) in [6, 6.07) is 7.95. The molecule has 0 N–H and O–H groups in total. The van der Waals surface area contributed by atoms with E-state index in [-0.39, 0.29) is 11.7 Å². The molecule has 3 heteroatoms. The SMILES string of the molecule is COC(=O)C(C)C(=O)C1CCc2ccccc21. The number of hydrogen-bond acceptors (Lipinski definition) is 3. The van der Waals surface area contributed by atoms with Crippen LogP contribution in [0.15, 0.2) is 24.3 Å². The van der Waals surface area contributed by atoms with Crippen LogP contribution < -0.4 is 0 Å². The van der Waals surface area contributed by atoms with Gasteiger partial charge in [-0.25, -0.2) is 0 Å². The van der Waals surface area contributed by atoms with Crippen molar-refractivity contribution in [3.63, 3.8) is 0 Å². The maximum Gasteiger partial charge on any atom is 0.315 e. The molecular weight excluding hydrogens is 216 g/mol. The van der Waals surface area contributed by atoms with Gasteiger partial charge in [0, 0.05) is 5.92 Å². The summed E-state index contributed by atoms with van der Waals surface area (Å²) in [6.07, 6.45) is 1.72. The number of rotatable bonds is 3. The number of ether oxygens (including phenoxy) is 1. The van der Waals surface area contributed by atoms with E-state index in [0.29, 0.717) is 0 Å². The number of carbonyl (C=O) groups is 2. The molecule has 1 aromatic rings. The highest BCUT2D eigenvalue weighted by molar-refractivity contribution is 6.02. The van der Waals surface area contributed by atoms with Gasteiger partial charge in [0.05, 0.1) is 7.11 Å². The zero-order valence-electron chi connectivity index (χ0n) is 10.1. The molecule has 0 saturated heterocycles. The number of esters is 1. The molecule has 0 fully saturated rings. The maximum atomic E-state index is 12.2. The van der Waals surface area contributed by atoms with Crippen LogP contribution in [-0.2, 0) is 20.7 Å². The Labute approximate surface area is 101 Å². The smallest absolute Gasteiger partial charge is 0.315 e. The van der Waals surface area contributed by atoms with Crippen LogP contribution in [0, 0.1) is 5.92 Å². The molecule has 1 aliphatic rings. The molecule has 1 aliphatic carbocycles. The third-order valence-corrected chi connectivity index (χ3v) is 3.46. The minimum atomic E-state index is -0.670. The fraction of sp³-hybridized carbons (Fsp3) is 0.429. The Morgan fingerprint density at radius 3 is 2.76 bits per heavy atom. The van der Waals surface area contributed by atoms with Gasteiger partial charge in [0.25, 0.3) is 0 Å². The normalized spacial score (nSPS) is 19.5. The van der Waals surface area contributed by atoms with Gasteiger partial charge >= 0.3 is 5.97 Å². The molecule has 0 heterocycles. The number of Topliss-reactive ketones (excluding diaryl/α,β-unsaturated/α-hetero) is 1. The van der Waals surface area contributed by atoms with Crippen LogP contribution in [0.1, 0.15) is 30.4 Å². The second-order valence-corrected chi connectivity index (χ2v) is 4.44. The summed E-state index contributed by atoms with van der Waals surface area (Å²) in [5.74, 6) is -1.28. The second kappa shape index (κ2) is 4.70. The largest absolute Gasteiger partial charge is 0.468 e. The summed E-state index contributed by atoms with van der Waals surface area (Å²) in [5, 5.41) is 0. The lowest BCUT2D eigenvalue weighted by molar-refractivity contribution is -0.149. The van der Waals surface area contributed by atoms with Gasteiger partial charge in [0.2, 0.25) is 0 Å². The lowest BCUT2D eigenvalue weighted by Crippen LogP contribution is -2.26. The van der Waals surface area contributed by atoms with Crippen molar-refractivity contribution in [2.45, 2.75) is 25.7 Å². The highest BCUT2D eigenvalue weighted by atomic mass is 16.5. The number of fused-ring (bicyclic) bond motifs is 1. The molecule has 0 spiro atoms. The van der Waals surface area contributed by atoms with E-state index in [9.17, 15) is 9.59 Å². The number of methoxy groups -OCH3 is 1. The van der Waals surface area contributed by atoms with Crippen LogP contribution in [0.2, 0.25) is 0 Å². The van der Waals surface area contributed by atoms with Crippen LogP contribution >= 0.6 is 0 Å². The fourth-order valence-corrected chi connectivity index (χ4v) is 2.45. The first kappa shape index (κ1) is 11.8. The summed E-state index contributed by atoms with van der Waals surface area (Å²) in [4.78, 5) is 23.6. The molecule has 0 aliphatic heterocycles. The van der Waals surface area contributed by atoms with Crippen LogP contribution in [0.5, 0.6) is 0 Å². The summed E-state index contributed by atoms with van der Waals surface area (Å²) in [5.41, 5.74) is 2.30. The van der Waals surface area contributed by atoms with E-state index < -0.39 is 11.9 Å². The van der Waals surface area contributed by atoms with Crippen molar-refractivity contribution >= 4 is 11.8 Å². The molecular formula is C14H16O3. The lowest BCUT2D eigenvalue weighted by Gasteiger charge is -2.14. The molecule has 0 saturated carbocycles. The van der Waals surface area contributed by atoms with E-state index in [1.807, 2.05) is 24.3 Å². The van der Waals surface area contributed by atoms with Crippen LogP contribution in [0.3, 0.4) is 0 Å². The predicted octanol–water partition coefficient (Wildman–Crippen LogP) is 2.09. The quantitative estimate of drug-likeness (QED) is 0.592. The number of aryl methyl sites for hydroxylation is 1. The minimum absolute atomic E-state index is 0.0261. The first-order valence-corrected chi connectivity index (χ1v) is 5.84. The van der Waals surface area contributed by atoms with Gasteiger partial charge in [-0.2, -0.15) is 0 Å². The zero-order chi connectivity index (χ0) is 12.4. The van der Waals surface area contributed by atoms with Gasteiger partial charge < -0.3 is 4.74 Å². The maximum absolute atomic E-state index is 12.2. The third kappa shape index (κ3) is 2.09. The molecule has 1 aromatic carbocycles. The fourth-order valence-electron chi connectivity index (χ4n) is 2.45. The zero-order valence-corrected chi connectivity index (χ0v) is 10.1. The number of ketones is 1. The van der Waals surface area contributed by atoms with E-state index in [2.05, 4.69) is 4.74 Å². The summed E-state index contributed by atoms with van der Waals surface area (Å²) >= 11 is 0. The van der Waals surface area contributed by atoms with Crippen molar-refractivity contribution in [1.82, 2.24) is 0 Å². The average Bonchev–Trinajstić information content (AvgIpc) is 2.79. The van der Waals surface area contributed by atoms with E-state index in [0.717, 1.165) is 18.4 Å². The molecule has 17 heavy (non-hydrogen) atoms. The summed E-state index contributed by atoms with van der Waals surface area (Å²) in [6.45, 7) is 1.62. The minimum Gasteiger partial charge on any atom is -0.468 e. The van der Waals surface area contributed by atoms with Crippen molar-refractivity contribution in [3.05, 3.63) is 35.4 Å². The summed E-state index contributed by atoms with van der Waals surface area (Å²) in [7, 11) is 1.31. The van der Waals surface area contributed by atoms with Crippen molar-refractivity contribution in [2.24, 2.45) is 5.92 Å². The van der Waals surface area contributed by atoms with Gasteiger partial charge in [-0.1, -0.05) is 24.3 Å². The van der Waals surface area contributed by atoms with E-state index >= 15 is 0 Å². The number of hydrogen-bond donors (Lipinski definition) is 0. The molecule has 2 unspecified atom stereocenters. The number of benzene rings is 1. The van der Waals surface area contributed by atoms with Crippen LogP contribution in [0.4, 0.5) is 0 Å². The first-order chi connectivity index (χ1) is 8.15. The van der Waals surface area contributed by atoms with Crippen LogP contribution in [-0.4, -0.2) is 18.9 Å². The molecule has 0 bridgehead atoms. The molecule has 2 atom stereocenters. The Hall–Kier alpha value is -1.64. The molecule has 2 rings (SSSR count). The van der Waals surface area contributed by atoms with Crippen LogP contribution in [0.25, 0.3) is 0 Å². The van der Waals surface area contributed by atoms with E-state index in [4.69, 9.17) is 0 Å². The highest BCUT2D eigenvalue weighted by Crippen LogP contribution is 2.35. The van der Waals surface area contributed by atoms with Crippen molar-refractivity contribution in [1.29, 1.82) is 0 Å². The van der Waals surface area contributed by atoms with Crippen molar-refractivity contribution in [2.75, 3.05) is 7.11 Å². The van der Waals surface area contributed by atoms with Gasteiger partial charge in [0.15, 0.2) is 5.78 Å². The molecule has 3 nitrogen and oxygen atoms in total.